The molecule has 0 bridgehead atoms. The average molecular weight is 156 g/mol. The Morgan fingerprint density at radius 2 is 2.27 bits per heavy atom. The summed E-state index contributed by atoms with van der Waals surface area (Å²) in [6, 6.07) is 0. The topological polar surface area (TPSA) is 49.4 Å². The van der Waals surface area contributed by atoms with Gasteiger partial charge in [-0.05, 0) is 13.8 Å². The Morgan fingerprint density at radius 3 is 2.73 bits per heavy atom. The van der Waals surface area contributed by atoms with Gasteiger partial charge in [-0.3, -0.25) is 9.59 Å². The number of nitrogens with one attached hydrogen (secondary N) is 1. The zero-order chi connectivity index (χ0) is 8.48. The van der Waals surface area contributed by atoms with E-state index in [1.807, 2.05) is 0 Å². The van der Waals surface area contributed by atoms with Crippen LogP contribution in [0.25, 0.3) is 0 Å². The molecule has 4 heteroatoms. The highest BCUT2D eigenvalue weighted by Gasteiger charge is 2.36. The molecule has 1 aliphatic rings. The Morgan fingerprint density at radius 1 is 1.64 bits per heavy atom. The summed E-state index contributed by atoms with van der Waals surface area (Å²) in [7, 11) is 0. The first kappa shape index (κ1) is 8.04. The summed E-state index contributed by atoms with van der Waals surface area (Å²) in [5.41, 5.74) is -0.681. The first-order valence-electron chi connectivity index (χ1n) is 3.59. The second kappa shape index (κ2) is 2.53. The van der Waals surface area contributed by atoms with E-state index in [9.17, 15) is 9.59 Å². The summed E-state index contributed by atoms with van der Waals surface area (Å²) in [5, 5.41) is 2.70. The van der Waals surface area contributed by atoms with Crippen LogP contribution in [0.15, 0.2) is 0 Å². The van der Waals surface area contributed by atoms with E-state index < -0.39 is 5.54 Å². The lowest BCUT2D eigenvalue weighted by Crippen LogP contribution is -2.61. The fraction of sp³-hybridized carbons (Fsp3) is 0.714. The summed E-state index contributed by atoms with van der Waals surface area (Å²) in [5.74, 6) is -0.0872. The monoisotopic (exact) mass is 156 g/mol. The molecule has 62 valence electrons. The second-order valence-corrected chi connectivity index (χ2v) is 3.11. The van der Waals surface area contributed by atoms with Gasteiger partial charge in [-0.15, -0.1) is 0 Å². The molecule has 4 nitrogen and oxygen atoms in total. The molecule has 0 aliphatic carbocycles. The Balaban J connectivity index is 2.80. The summed E-state index contributed by atoms with van der Waals surface area (Å²) in [4.78, 5) is 23.1. The number of hydrogen-bond donors (Lipinski definition) is 1. The molecule has 1 aliphatic heterocycles. The Kier molecular flexibility index (Phi) is 1.85. The minimum atomic E-state index is -0.681. The zero-order valence-electron chi connectivity index (χ0n) is 6.76. The maximum absolute atomic E-state index is 11.2. The third kappa shape index (κ3) is 1.20. The molecule has 1 N–H and O–H groups in total. The minimum absolute atomic E-state index is 0.0872. The predicted octanol–water partition coefficient (Wildman–Crippen LogP) is -0.647. The van der Waals surface area contributed by atoms with Gasteiger partial charge in [-0.1, -0.05) is 0 Å². The average Bonchev–Trinajstić information content (AvgIpc) is 1.95. The van der Waals surface area contributed by atoms with E-state index in [-0.39, 0.29) is 5.91 Å². The third-order valence-electron chi connectivity index (χ3n) is 2.04. The van der Waals surface area contributed by atoms with Gasteiger partial charge < -0.3 is 10.2 Å². The van der Waals surface area contributed by atoms with Crippen LogP contribution in [0.1, 0.15) is 13.8 Å². The molecule has 0 saturated carbocycles. The lowest BCUT2D eigenvalue weighted by Gasteiger charge is -2.38. The molecule has 0 aromatic rings. The maximum atomic E-state index is 11.2. The van der Waals surface area contributed by atoms with Gasteiger partial charge in [-0.2, -0.15) is 0 Å². The van der Waals surface area contributed by atoms with Crippen LogP contribution < -0.4 is 5.32 Å². The fourth-order valence-corrected chi connectivity index (χ4v) is 1.10. The summed E-state index contributed by atoms with van der Waals surface area (Å²) in [6.07, 6.45) is 0.721. The van der Waals surface area contributed by atoms with E-state index in [1.165, 1.54) is 4.90 Å². The molecular formula is C7H12N2O2. The molecule has 1 saturated heterocycles. The van der Waals surface area contributed by atoms with Crippen LogP contribution in [0, 0.1) is 0 Å². The molecule has 0 aromatic heterocycles. The molecule has 1 rings (SSSR count). The smallest absolute Gasteiger partial charge is 0.245 e. The van der Waals surface area contributed by atoms with E-state index >= 15 is 0 Å². The van der Waals surface area contributed by atoms with E-state index in [0.717, 1.165) is 6.41 Å². The van der Waals surface area contributed by atoms with Gasteiger partial charge >= 0.3 is 0 Å². The largest absolute Gasteiger partial charge is 0.352 e. The molecule has 0 spiro atoms. The van der Waals surface area contributed by atoms with Gasteiger partial charge in [0.2, 0.25) is 12.3 Å². The van der Waals surface area contributed by atoms with E-state index in [2.05, 4.69) is 5.32 Å². The highest BCUT2D eigenvalue weighted by atomic mass is 16.2. The highest BCUT2D eigenvalue weighted by Crippen LogP contribution is 2.14. The van der Waals surface area contributed by atoms with Crippen LogP contribution in [0.5, 0.6) is 0 Å². The van der Waals surface area contributed by atoms with Gasteiger partial charge in [0.05, 0.1) is 0 Å². The van der Waals surface area contributed by atoms with Crippen molar-refractivity contribution in [2.24, 2.45) is 0 Å². The Bertz CT molecular complexity index is 189. The quantitative estimate of drug-likeness (QED) is 0.513. The predicted molar refractivity (Wildman–Crippen MR) is 39.9 cm³/mol. The number of carbonyl (C=O) groups is 2. The number of hydrogen-bond acceptors (Lipinski definition) is 2. The molecule has 0 radical (unpaired) electrons. The van der Waals surface area contributed by atoms with Crippen LogP contribution in [0.2, 0.25) is 0 Å². The number of nitrogens with zero attached hydrogens (tertiary/aromatic N) is 1. The van der Waals surface area contributed by atoms with Crippen molar-refractivity contribution >= 4 is 12.3 Å². The molecule has 11 heavy (non-hydrogen) atoms. The van der Waals surface area contributed by atoms with Crippen molar-refractivity contribution in [2.75, 3.05) is 13.1 Å². The minimum Gasteiger partial charge on any atom is -0.352 e. The van der Waals surface area contributed by atoms with Crippen LogP contribution in [0.3, 0.4) is 0 Å². The standard InChI is InChI=1S/C7H12N2O2/c1-7(2)6(11)8-3-4-9(7)5-10/h5H,3-4H2,1-2H3,(H,8,11). The first-order valence-corrected chi connectivity index (χ1v) is 3.59. The van der Waals surface area contributed by atoms with Crippen molar-refractivity contribution in [1.29, 1.82) is 0 Å². The Labute approximate surface area is 65.6 Å². The van der Waals surface area contributed by atoms with Crippen molar-refractivity contribution in [2.45, 2.75) is 19.4 Å². The Hall–Kier alpha value is -1.06. The van der Waals surface area contributed by atoms with Crippen LogP contribution in [0.4, 0.5) is 0 Å². The van der Waals surface area contributed by atoms with Gasteiger partial charge in [-0.25, -0.2) is 0 Å². The summed E-state index contributed by atoms with van der Waals surface area (Å²) < 4.78 is 0. The molecule has 1 fully saturated rings. The summed E-state index contributed by atoms with van der Waals surface area (Å²) >= 11 is 0. The van der Waals surface area contributed by atoms with Crippen molar-refractivity contribution in [3.63, 3.8) is 0 Å². The van der Waals surface area contributed by atoms with E-state index in [0.29, 0.717) is 13.1 Å². The van der Waals surface area contributed by atoms with Crippen molar-refractivity contribution in [3.05, 3.63) is 0 Å². The highest BCUT2D eigenvalue weighted by molar-refractivity contribution is 5.88. The number of amides is 2. The van der Waals surface area contributed by atoms with Crippen LogP contribution in [-0.4, -0.2) is 35.8 Å². The number of carbonyl (C=O) groups excluding carboxylic acids is 2. The van der Waals surface area contributed by atoms with Crippen LogP contribution in [-0.2, 0) is 9.59 Å². The second-order valence-electron chi connectivity index (χ2n) is 3.11. The molecule has 0 atom stereocenters. The maximum Gasteiger partial charge on any atom is 0.245 e. The van der Waals surface area contributed by atoms with Gasteiger partial charge in [0.25, 0.3) is 0 Å². The lowest BCUT2D eigenvalue weighted by atomic mass is 10.0. The van der Waals surface area contributed by atoms with Gasteiger partial charge in [0.15, 0.2) is 0 Å². The number of rotatable bonds is 1. The zero-order valence-corrected chi connectivity index (χ0v) is 6.76. The van der Waals surface area contributed by atoms with Crippen molar-refractivity contribution < 1.29 is 9.59 Å². The van der Waals surface area contributed by atoms with Crippen molar-refractivity contribution in [3.8, 4) is 0 Å². The lowest BCUT2D eigenvalue weighted by molar-refractivity contribution is -0.141. The number of piperazine rings is 1. The third-order valence-corrected chi connectivity index (χ3v) is 2.04. The molecule has 1 heterocycles. The summed E-state index contributed by atoms with van der Waals surface area (Å²) in [6.45, 7) is 4.62. The first-order chi connectivity index (χ1) is 5.09. The fourth-order valence-electron chi connectivity index (χ4n) is 1.10. The molecule has 0 aromatic carbocycles. The van der Waals surface area contributed by atoms with Crippen LogP contribution >= 0.6 is 0 Å². The SMILES string of the molecule is CC1(C)C(=O)NCCN1C=O. The molecule has 0 unspecified atom stereocenters. The molecule has 2 amide bonds. The van der Waals surface area contributed by atoms with E-state index in [1.54, 1.807) is 13.8 Å². The van der Waals surface area contributed by atoms with E-state index in [4.69, 9.17) is 0 Å². The normalized spacial score (nSPS) is 22.7. The molecular weight excluding hydrogens is 144 g/mol. The van der Waals surface area contributed by atoms with Crippen molar-refractivity contribution in [1.82, 2.24) is 10.2 Å². The van der Waals surface area contributed by atoms with Gasteiger partial charge in [0.1, 0.15) is 5.54 Å². The van der Waals surface area contributed by atoms with Gasteiger partial charge in [0, 0.05) is 13.1 Å².